The molecule has 0 rings (SSSR count). The van der Waals surface area contributed by atoms with Crippen LogP contribution in [0.15, 0.2) is 0 Å². The number of carboxylic acid groups (broad SMARTS) is 1. The van der Waals surface area contributed by atoms with Gasteiger partial charge in [-0.3, -0.25) is 0 Å². The summed E-state index contributed by atoms with van der Waals surface area (Å²) in [4.78, 5) is 21.9. The quantitative estimate of drug-likeness (QED) is 0.479. The number of hydrogen-bond acceptors (Lipinski definition) is 4. The molecule has 0 aromatic rings. The van der Waals surface area contributed by atoms with Gasteiger partial charge in [0, 0.05) is 7.11 Å². The Kier molecular flexibility index (Phi) is 5.76. The maximum Gasteiger partial charge on any atom is 0.328 e. The molecule has 0 aromatic carbocycles. The summed E-state index contributed by atoms with van der Waals surface area (Å²) in [5, 5.41) is 21.9. The lowest BCUT2D eigenvalue weighted by Gasteiger charge is -2.26. The van der Waals surface area contributed by atoms with E-state index in [4.69, 9.17) is 14.9 Å². The average molecular weight is 234 g/mol. The standard InChI is InChI=1S/C9H18N2O5/c1-9(2,5-16-3)11-8(15)10-6(4-12)7(13)14/h6,12H,4-5H2,1-3H3,(H,13,14)(H2,10,11,15)/t6-/m1/s1. The Morgan fingerprint density at radius 2 is 2.00 bits per heavy atom. The van der Waals surface area contributed by atoms with Crippen LogP contribution in [0.2, 0.25) is 0 Å². The molecular weight excluding hydrogens is 216 g/mol. The van der Waals surface area contributed by atoms with Gasteiger partial charge in [-0.2, -0.15) is 0 Å². The van der Waals surface area contributed by atoms with E-state index in [0.29, 0.717) is 0 Å². The molecule has 0 aliphatic heterocycles. The Morgan fingerprint density at radius 3 is 2.38 bits per heavy atom. The number of amides is 2. The third-order valence-electron chi connectivity index (χ3n) is 1.74. The number of hydrogen-bond donors (Lipinski definition) is 4. The van der Waals surface area contributed by atoms with Gasteiger partial charge < -0.3 is 25.6 Å². The summed E-state index contributed by atoms with van der Waals surface area (Å²) in [5.41, 5.74) is -0.614. The minimum Gasteiger partial charge on any atom is -0.480 e. The first-order valence-electron chi connectivity index (χ1n) is 4.73. The number of nitrogens with one attached hydrogen (secondary N) is 2. The first-order chi connectivity index (χ1) is 7.32. The number of urea groups is 1. The van der Waals surface area contributed by atoms with Gasteiger partial charge in [-0.15, -0.1) is 0 Å². The van der Waals surface area contributed by atoms with Crippen molar-refractivity contribution in [2.45, 2.75) is 25.4 Å². The van der Waals surface area contributed by atoms with Crippen molar-refractivity contribution in [2.24, 2.45) is 0 Å². The van der Waals surface area contributed by atoms with Crippen molar-refractivity contribution in [2.75, 3.05) is 20.3 Å². The van der Waals surface area contributed by atoms with E-state index in [2.05, 4.69) is 10.6 Å². The van der Waals surface area contributed by atoms with E-state index in [1.807, 2.05) is 0 Å². The van der Waals surface area contributed by atoms with Gasteiger partial charge in [0.1, 0.15) is 0 Å². The molecule has 0 unspecified atom stereocenters. The number of aliphatic hydroxyl groups is 1. The Labute approximate surface area is 93.8 Å². The van der Waals surface area contributed by atoms with Crippen molar-refractivity contribution in [3.05, 3.63) is 0 Å². The Balaban J connectivity index is 4.21. The third-order valence-corrected chi connectivity index (χ3v) is 1.74. The molecule has 0 radical (unpaired) electrons. The lowest BCUT2D eigenvalue weighted by Crippen LogP contribution is -2.55. The van der Waals surface area contributed by atoms with Crippen LogP contribution in [0.1, 0.15) is 13.8 Å². The predicted octanol–water partition coefficient (Wildman–Crippen LogP) is -0.844. The van der Waals surface area contributed by atoms with Crippen LogP contribution in [0.5, 0.6) is 0 Å². The molecule has 0 saturated heterocycles. The Hall–Kier alpha value is -1.34. The fourth-order valence-electron chi connectivity index (χ4n) is 1.08. The second-order valence-corrected chi connectivity index (χ2v) is 3.99. The predicted molar refractivity (Wildman–Crippen MR) is 56.1 cm³/mol. The van der Waals surface area contributed by atoms with Crippen molar-refractivity contribution >= 4 is 12.0 Å². The molecule has 0 saturated carbocycles. The summed E-state index contributed by atoms with van der Waals surface area (Å²) >= 11 is 0. The van der Waals surface area contributed by atoms with E-state index in [9.17, 15) is 9.59 Å². The topological polar surface area (TPSA) is 108 Å². The SMILES string of the molecule is COCC(C)(C)NC(=O)N[C@H](CO)C(=O)O. The maximum atomic E-state index is 11.4. The number of carbonyl (C=O) groups excluding carboxylic acids is 1. The molecule has 0 aliphatic rings. The summed E-state index contributed by atoms with van der Waals surface area (Å²) < 4.78 is 4.88. The molecule has 0 aliphatic carbocycles. The van der Waals surface area contributed by atoms with Gasteiger partial charge in [0.2, 0.25) is 0 Å². The highest BCUT2D eigenvalue weighted by molar-refractivity contribution is 5.82. The molecule has 2 amide bonds. The summed E-state index contributed by atoms with van der Waals surface area (Å²) in [5.74, 6) is -1.29. The first-order valence-corrected chi connectivity index (χ1v) is 4.73. The maximum absolute atomic E-state index is 11.4. The zero-order valence-electron chi connectivity index (χ0n) is 9.61. The van der Waals surface area contributed by atoms with Crippen LogP contribution in [-0.4, -0.2) is 54.1 Å². The molecule has 7 heteroatoms. The van der Waals surface area contributed by atoms with Gasteiger partial charge in [-0.1, -0.05) is 0 Å². The van der Waals surface area contributed by atoms with E-state index in [0.717, 1.165) is 0 Å². The fourth-order valence-corrected chi connectivity index (χ4v) is 1.08. The van der Waals surface area contributed by atoms with E-state index in [1.54, 1.807) is 13.8 Å². The van der Waals surface area contributed by atoms with Crippen LogP contribution >= 0.6 is 0 Å². The minimum atomic E-state index is -1.31. The van der Waals surface area contributed by atoms with Gasteiger partial charge in [0.15, 0.2) is 6.04 Å². The third kappa shape index (κ3) is 5.52. The van der Waals surface area contributed by atoms with Gasteiger partial charge in [-0.25, -0.2) is 9.59 Å². The molecule has 7 nitrogen and oxygen atoms in total. The van der Waals surface area contributed by atoms with Gasteiger partial charge in [-0.05, 0) is 13.8 Å². The van der Waals surface area contributed by atoms with E-state index < -0.39 is 30.2 Å². The Bertz CT molecular complexity index is 254. The molecule has 16 heavy (non-hydrogen) atoms. The zero-order chi connectivity index (χ0) is 12.8. The molecule has 0 bridgehead atoms. The Morgan fingerprint density at radius 1 is 1.44 bits per heavy atom. The zero-order valence-corrected chi connectivity index (χ0v) is 9.61. The summed E-state index contributed by atoms with van der Waals surface area (Å²) in [7, 11) is 1.50. The first kappa shape index (κ1) is 14.7. The monoisotopic (exact) mass is 234 g/mol. The average Bonchev–Trinajstić information content (AvgIpc) is 2.12. The number of carboxylic acids is 1. The van der Waals surface area contributed by atoms with Crippen LogP contribution in [0.4, 0.5) is 4.79 Å². The summed E-state index contributed by atoms with van der Waals surface area (Å²) in [6.45, 7) is 3.08. The van der Waals surface area contributed by atoms with Gasteiger partial charge >= 0.3 is 12.0 Å². The fraction of sp³-hybridized carbons (Fsp3) is 0.778. The van der Waals surface area contributed by atoms with Crippen molar-refractivity contribution in [3.8, 4) is 0 Å². The number of aliphatic carboxylic acids is 1. The van der Waals surface area contributed by atoms with Crippen molar-refractivity contribution in [1.29, 1.82) is 0 Å². The molecule has 0 aromatic heterocycles. The molecule has 1 atom stereocenters. The van der Waals surface area contributed by atoms with Gasteiger partial charge in [0.05, 0.1) is 18.8 Å². The van der Waals surface area contributed by atoms with E-state index in [-0.39, 0.29) is 6.61 Å². The molecule has 4 N–H and O–H groups in total. The van der Waals surface area contributed by atoms with Crippen molar-refractivity contribution < 1.29 is 24.5 Å². The van der Waals surface area contributed by atoms with E-state index >= 15 is 0 Å². The van der Waals surface area contributed by atoms with Crippen LogP contribution in [0.25, 0.3) is 0 Å². The minimum absolute atomic E-state index is 0.289. The van der Waals surface area contributed by atoms with Crippen LogP contribution < -0.4 is 10.6 Å². The molecule has 0 fully saturated rings. The van der Waals surface area contributed by atoms with Crippen LogP contribution in [-0.2, 0) is 9.53 Å². The number of rotatable bonds is 6. The number of methoxy groups -OCH3 is 1. The lowest BCUT2D eigenvalue weighted by molar-refractivity contribution is -0.140. The summed E-state index contributed by atoms with van der Waals surface area (Å²) in [6.07, 6.45) is 0. The van der Waals surface area contributed by atoms with Gasteiger partial charge in [0.25, 0.3) is 0 Å². The summed E-state index contributed by atoms with van der Waals surface area (Å²) in [6, 6.07) is -1.97. The highest BCUT2D eigenvalue weighted by Crippen LogP contribution is 2.01. The molecule has 94 valence electrons. The molecular formula is C9H18N2O5. The van der Waals surface area contributed by atoms with Crippen molar-refractivity contribution in [1.82, 2.24) is 10.6 Å². The molecule has 0 spiro atoms. The molecule has 0 heterocycles. The lowest BCUT2D eigenvalue weighted by atomic mass is 10.1. The highest BCUT2D eigenvalue weighted by Gasteiger charge is 2.24. The second-order valence-electron chi connectivity index (χ2n) is 3.99. The number of aliphatic hydroxyl groups excluding tert-OH is 1. The smallest absolute Gasteiger partial charge is 0.328 e. The van der Waals surface area contributed by atoms with E-state index in [1.165, 1.54) is 7.11 Å². The number of ether oxygens (including phenoxy) is 1. The second kappa shape index (κ2) is 6.29. The number of carbonyl (C=O) groups is 2. The van der Waals surface area contributed by atoms with Crippen LogP contribution in [0, 0.1) is 0 Å². The largest absolute Gasteiger partial charge is 0.480 e. The normalized spacial score (nSPS) is 13.0. The van der Waals surface area contributed by atoms with Crippen molar-refractivity contribution in [3.63, 3.8) is 0 Å². The highest BCUT2D eigenvalue weighted by atomic mass is 16.5. The van der Waals surface area contributed by atoms with Crippen LogP contribution in [0.3, 0.4) is 0 Å².